The van der Waals surface area contributed by atoms with Gasteiger partial charge in [0.2, 0.25) is 0 Å². The minimum atomic E-state index is -2.97. The number of benzene rings is 1. The van der Waals surface area contributed by atoms with Crippen LogP contribution in [-0.4, -0.2) is 18.2 Å². The van der Waals surface area contributed by atoms with Crippen LogP contribution in [0.3, 0.4) is 0 Å². The van der Waals surface area contributed by atoms with Gasteiger partial charge in [-0.3, -0.25) is 4.79 Å². The molecule has 0 unspecified atom stereocenters. The summed E-state index contributed by atoms with van der Waals surface area (Å²) in [5.74, 6) is -3.53. The maximum absolute atomic E-state index is 13.4. The maximum atomic E-state index is 13.4. The van der Waals surface area contributed by atoms with Crippen LogP contribution in [0.2, 0.25) is 0 Å². The average Bonchev–Trinajstić information content (AvgIpc) is 2.27. The first kappa shape index (κ1) is 14.4. The van der Waals surface area contributed by atoms with Gasteiger partial charge in [0, 0.05) is 24.5 Å². The van der Waals surface area contributed by atoms with Crippen LogP contribution in [0.4, 0.5) is 8.78 Å². The van der Waals surface area contributed by atoms with E-state index in [1.165, 1.54) is 19.2 Å². The van der Waals surface area contributed by atoms with Crippen molar-refractivity contribution in [2.24, 2.45) is 0 Å². The molecule has 0 bridgehead atoms. The molecule has 5 heteroatoms. The summed E-state index contributed by atoms with van der Waals surface area (Å²) < 4.78 is 31.9. The minimum absolute atomic E-state index is 0.0488. The number of rotatable bonds is 6. The molecule has 0 fully saturated rings. The Labute approximate surface area is 104 Å². The molecule has 3 nitrogen and oxygen atoms in total. The van der Waals surface area contributed by atoms with Gasteiger partial charge in [0.05, 0.1) is 7.11 Å². The van der Waals surface area contributed by atoms with E-state index in [-0.39, 0.29) is 18.4 Å². The molecule has 0 amide bonds. The molecule has 0 aliphatic carbocycles. The Bertz CT molecular complexity index is 425. The molecule has 0 aliphatic heterocycles. The molecule has 1 aromatic carbocycles. The number of hydrogen-bond acceptors (Lipinski definition) is 2. The maximum Gasteiger partial charge on any atom is 0.303 e. The molecule has 0 radical (unpaired) electrons. The topological polar surface area (TPSA) is 46.5 Å². The van der Waals surface area contributed by atoms with Crippen molar-refractivity contribution in [2.75, 3.05) is 7.11 Å². The van der Waals surface area contributed by atoms with E-state index in [4.69, 9.17) is 9.84 Å². The van der Waals surface area contributed by atoms with Gasteiger partial charge in [-0.05, 0) is 18.9 Å². The Hall–Kier alpha value is -1.65. The first-order valence-electron chi connectivity index (χ1n) is 5.62. The van der Waals surface area contributed by atoms with Crippen molar-refractivity contribution in [1.82, 2.24) is 0 Å². The van der Waals surface area contributed by atoms with Crippen molar-refractivity contribution >= 4 is 5.97 Å². The first-order chi connectivity index (χ1) is 8.36. The second-order valence-corrected chi connectivity index (χ2v) is 4.12. The van der Waals surface area contributed by atoms with Gasteiger partial charge < -0.3 is 9.84 Å². The number of aliphatic carboxylic acids is 1. The number of carboxylic acids is 1. The van der Waals surface area contributed by atoms with Crippen molar-refractivity contribution in [1.29, 1.82) is 0 Å². The van der Waals surface area contributed by atoms with E-state index < -0.39 is 11.9 Å². The zero-order valence-electron chi connectivity index (χ0n) is 10.4. The zero-order chi connectivity index (χ0) is 13.8. The third-order valence-corrected chi connectivity index (χ3v) is 2.64. The van der Waals surface area contributed by atoms with Gasteiger partial charge in [0.25, 0.3) is 5.92 Å². The summed E-state index contributed by atoms with van der Waals surface area (Å²) in [4.78, 5) is 10.4. The second kappa shape index (κ2) is 5.80. The van der Waals surface area contributed by atoms with Crippen LogP contribution in [0.1, 0.15) is 30.9 Å². The molecule has 0 aromatic heterocycles. The number of halogens is 2. The van der Waals surface area contributed by atoms with E-state index in [0.29, 0.717) is 17.7 Å². The van der Waals surface area contributed by atoms with Crippen molar-refractivity contribution in [2.45, 2.75) is 32.1 Å². The second-order valence-electron chi connectivity index (χ2n) is 4.12. The monoisotopic (exact) mass is 258 g/mol. The Morgan fingerprint density at radius 1 is 1.44 bits per heavy atom. The van der Waals surface area contributed by atoms with E-state index in [9.17, 15) is 13.6 Å². The van der Waals surface area contributed by atoms with Gasteiger partial charge >= 0.3 is 5.97 Å². The van der Waals surface area contributed by atoms with Crippen molar-refractivity contribution < 1.29 is 23.4 Å². The molecule has 1 aromatic rings. The molecule has 0 aliphatic rings. The summed E-state index contributed by atoms with van der Waals surface area (Å²) in [5.41, 5.74) is 0.279. The SMILES string of the molecule is COc1cccc(C(C)(F)F)c1CCCC(=O)O. The fraction of sp³-hybridized carbons (Fsp3) is 0.462. The van der Waals surface area contributed by atoms with E-state index in [1.807, 2.05) is 0 Å². The van der Waals surface area contributed by atoms with Crippen molar-refractivity contribution in [3.05, 3.63) is 29.3 Å². The largest absolute Gasteiger partial charge is 0.496 e. The Kier molecular flexibility index (Phi) is 4.64. The summed E-state index contributed by atoms with van der Waals surface area (Å²) >= 11 is 0. The average molecular weight is 258 g/mol. The number of carboxylic acid groups (broad SMARTS) is 1. The van der Waals surface area contributed by atoms with Gasteiger partial charge in [-0.25, -0.2) is 8.78 Å². The van der Waals surface area contributed by atoms with Crippen LogP contribution in [0.5, 0.6) is 5.75 Å². The van der Waals surface area contributed by atoms with E-state index >= 15 is 0 Å². The number of alkyl halides is 2. The Morgan fingerprint density at radius 3 is 2.61 bits per heavy atom. The first-order valence-corrected chi connectivity index (χ1v) is 5.62. The molecule has 0 saturated heterocycles. The number of carbonyl (C=O) groups is 1. The van der Waals surface area contributed by atoms with Gasteiger partial charge in [-0.15, -0.1) is 0 Å². The Balaban J connectivity index is 3.01. The van der Waals surface area contributed by atoms with Crippen LogP contribution in [0, 0.1) is 0 Å². The van der Waals surface area contributed by atoms with Crippen LogP contribution in [0.15, 0.2) is 18.2 Å². The lowest BCUT2D eigenvalue weighted by molar-refractivity contribution is -0.137. The van der Waals surface area contributed by atoms with E-state index in [2.05, 4.69) is 0 Å². The van der Waals surface area contributed by atoms with Gasteiger partial charge in [-0.2, -0.15) is 0 Å². The molecule has 0 atom stereocenters. The minimum Gasteiger partial charge on any atom is -0.496 e. The van der Waals surface area contributed by atoms with Crippen LogP contribution < -0.4 is 4.74 Å². The van der Waals surface area contributed by atoms with Gasteiger partial charge in [-0.1, -0.05) is 12.1 Å². The summed E-state index contributed by atoms with van der Waals surface area (Å²) in [6.45, 7) is 0.822. The molecule has 0 heterocycles. The molecule has 1 N–H and O–H groups in total. The fourth-order valence-corrected chi connectivity index (χ4v) is 1.84. The highest BCUT2D eigenvalue weighted by Crippen LogP contribution is 2.35. The summed E-state index contributed by atoms with van der Waals surface area (Å²) in [7, 11) is 1.41. The molecule has 0 saturated carbocycles. The smallest absolute Gasteiger partial charge is 0.303 e. The normalized spacial score (nSPS) is 11.3. The van der Waals surface area contributed by atoms with E-state index in [0.717, 1.165) is 6.92 Å². The van der Waals surface area contributed by atoms with Crippen molar-refractivity contribution in [3.8, 4) is 5.75 Å². The molecular formula is C13H16F2O3. The molecule has 100 valence electrons. The summed E-state index contributed by atoms with van der Waals surface area (Å²) in [6.07, 6.45) is 0.515. The predicted octanol–water partition coefficient (Wildman–Crippen LogP) is 3.21. The third kappa shape index (κ3) is 3.68. The molecule has 18 heavy (non-hydrogen) atoms. The van der Waals surface area contributed by atoms with Gasteiger partial charge in [0.15, 0.2) is 0 Å². The number of methoxy groups -OCH3 is 1. The van der Waals surface area contributed by atoms with Crippen molar-refractivity contribution in [3.63, 3.8) is 0 Å². The lowest BCUT2D eigenvalue weighted by atomic mass is 9.97. The highest BCUT2D eigenvalue weighted by atomic mass is 19.3. The van der Waals surface area contributed by atoms with Gasteiger partial charge in [0.1, 0.15) is 5.75 Å². The fourth-order valence-electron chi connectivity index (χ4n) is 1.84. The standard InChI is InChI=1S/C13H16F2O3/c1-13(14,15)10-6-4-7-11(18-2)9(10)5-3-8-12(16)17/h4,6-7H,3,5,8H2,1-2H3,(H,16,17). The molecular weight excluding hydrogens is 242 g/mol. The lowest BCUT2D eigenvalue weighted by Crippen LogP contribution is -2.12. The predicted molar refractivity (Wildman–Crippen MR) is 63.1 cm³/mol. The van der Waals surface area contributed by atoms with Crippen LogP contribution in [0.25, 0.3) is 0 Å². The Morgan fingerprint density at radius 2 is 2.11 bits per heavy atom. The number of hydrogen-bond donors (Lipinski definition) is 1. The number of ether oxygens (including phenoxy) is 1. The summed E-state index contributed by atoms with van der Waals surface area (Å²) in [5, 5.41) is 8.57. The molecule has 1 rings (SSSR count). The lowest BCUT2D eigenvalue weighted by Gasteiger charge is -2.18. The highest BCUT2D eigenvalue weighted by molar-refractivity contribution is 5.66. The van der Waals surface area contributed by atoms with Crippen LogP contribution >= 0.6 is 0 Å². The van der Waals surface area contributed by atoms with E-state index in [1.54, 1.807) is 6.07 Å². The summed E-state index contributed by atoms with van der Waals surface area (Å²) in [6, 6.07) is 4.45. The molecule has 0 spiro atoms. The quantitative estimate of drug-likeness (QED) is 0.852. The zero-order valence-corrected chi connectivity index (χ0v) is 10.4. The third-order valence-electron chi connectivity index (χ3n) is 2.64. The highest BCUT2D eigenvalue weighted by Gasteiger charge is 2.28. The van der Waals surface area contributed by atoms with Crippen LogP contribution in [-0.2, 0) is 17.1 Å².